The van der Waals surface area contributed by atoms with Gasteiger partial charge in [0.1, 0.15) is 5.76 Å². The van der Waals surface area contributed by atoms with Gasteiger partial charge < -0.3 is 19.9 Å². The van der Waals surface area contributed by atoms with Gasteiger partial charge in [0, 0.05) is 28.9 Å². The second-order valence-electron chi connectivity index (χ2n) is 7.70. The van der Waals surface area contributed by atoms with E-state index < -0.39 is 17.1 Å². The number of oxazole rings is 1. The number of nitrogens with two attached hydrogens (primary N) is 1. The number of hydrogen-bond acceptors (Lipinski definition) is 4. The van der Waals surface area contributed by atoms with E-state index in [1.807, 2.05) is 65.1 Å². The Morgan fingerprint density at radius 1 is 1.27 bits per heavy atom. The SMILES string of the molecule is Cc1nc([C@](Cc2c[nH]c3ccccc23)(OC(N)=O)C(C)(C)C)oc1C. The Bertz CT molecular complexity index is 929. The summed E-state index contributed by atoms with van der Waals surface area (Å²) >= 11 is 0. The first kappa shape index (κ1) is 18.0. The minimum absolute atomic E-state index is 0.365. The third kappa shape index (κ3) is 2.96. The van der Waals surface area contributed by atoms with Crippen LogP contribution in [0.25, 0.3) is 10.9 Å². The van der Waals surface area contributed by atoms with Crippen LogP contribution in [-0.2, 0) is 16.8 Å². The van der Waals surface area contributed by atoms with E-state index in [0.717, 1.165) is 22.2 Å². The van der Waals surface area contributed by atoms with Crippen molar-refractivity contribution in [2.75, 3.05) is 0 Å². The van der Waals surface area contributed by atoms with Gasteiger partial charge in [-0.2, -0.15) is 0 Å². The van der Waals surface area contributed by atoms with Crippen molar-refractivity contribution in [3.63, 3.8) is 0 Å². The number of aryl methyl sites for hydroxylation is 2. The summed E-state index contributed by atoms with van der Waals surface area (Å²) in [6, 6.07) is 7.99. The smallest absolute Gasteiger partial charge is 0.405 e. The minimum Gasteiger partial charge on any atom is -0.442 e. The number of nitrogens with one attached hydrogen (secondary N) is 1. The van der Waals surface area contributed by atoms with Crippen LogP contribution in [0.3, 0.4) is 0 Å². The highest BCUT2D eigenvalue weighted by atomic mass is 16.6. The fourth-order valence-corrected chi connectivity index (χ4v) is 3.26. The first-order valence-electron chi connectivity index (χ1n) is 8.62. The number of carbonyl (C=O) groups excluding carboxylic acids is 1. The molecule has 6 heteroatoms. The Balaban J connectivity index is 2.20. The maximum atomic E-state index is 11.8. The van der Waals surface area contributed by atoms with Crippen LogP contribution in [0.5, 0.6) is 0 Å². The molecule has 0 bridgehead atoms. The first-order chi connectivity index (χ1) is 12.1. The fourth-order valence-electron chi connectivity index (χ4n) is 3.26. The number of ether oxygens (including phenoxy) is 1. The summed E-state index contributed by atoms with van der Waals surface area (Å²) in [4.78, 5) is 19.7. The largest absolute Gasteiger partial charge is 0.442 e. The van der Waals surface area contributed by atoms with Crippen molar-refractivity contribution in [1.82, 2.24) is 9.97 Å². The average molecular weight is 355 g/mol. The molecule has 0 aliphatic carbocycles. The van der Waals surface area contributed by atoms with Crippen molar-refractivity contribution in [3.8, 4) is 0 Å². The molecule has 2 aromatic heterocycles. The van der Waals surface area contributed by atoms with Crippen LogP contribution in [-0.4, -0.2) is 16.1 Å². The number of fused-ring (bicyclic) bond motifs is 1. The van der Waals surface area contributed by atoms with Crippen molar-refractivity contribution in [2.45, 2.75) is 46.6 Å². The molecule has 3 aromatic rings. The topological polar surface area (TPSA) is 94.1 Å². The zero-order valence-corrected chi connectivity index (χ0v) is 15.8. The summed E-state index contributed by atoms with van der Waals surface area (Å²) in [6.07, 6.45) is 1.47. The standard InChI is InChI=1S/C20H25N3O3/c1-12-13(2)25-17(23-12)20(19(3,4)5,26-18(21)24)10-14-11-22-16-9-7-6-8-15(14)16/h6-9,11,22H,10H2,1-5H3,(H2,21,24)/t20-/m0/s1. The second-order valence-corrected chi connectivity index (χ2v) is 7.70. The van der Waals surface area contributed by atoms with Gasteiger partial charge in [0.05, 0.1) is 5.69 Å². The van der Waals surface area contributed by atoms with E-state index in [1.54, 1.807) is 0 Å². The van der Waals surface area contributed by atoms with E-state index in [2.05, 4.69) is 9.97 Å². The number of primary amides is 1. The Morgan fingerprint density at radius 2 is 1.96 bits per heavy atom. The lowest BCUT2D eigenvalue weighted by atomic mass is 9.72. The number of para-hydroxylation sites is 1. The highest BCUT2D eigenvalue weighted by Gasteiger charge is 2.51. The number of aromatic amines is 1. The number of carbonyl (C=O) groups is 1. The van der Waals surface area contributed by atoms with Crippen LogP contribution < -0.4 is 5.73 Å². The predicted octanol–water partition coefficient (Wildman–Crippen LogP) is 4.35. The molecular formula is C20H25N3O3. The molecule has 0 spiro atoms. The molecule has 0 saturated heterocycles. The molecule has 0 aliphatic heterocycles. The van der Waals surface area contributed by atoms with Gasteiger partial charge in [0.2, 0.25) is 5.89 Å². The van der Waals surface area contributed by atoms with Crippen molar-refractivity contribution in [1.29, 1.82) is 0 Å². The first-order valence-corrected chi connectivity index (χ1v) is 8.62. The molecule has 2 heterocycles. The lowest BCUT2D eigenvalue weighted by Crippen LogP contribution is -2.47. The Hall–Kier alpha value is -2.76. The van der Waals surface area contributed by atoms with E-state index in [0.29, 0.717) is 18.1 Å². The van der Waals surface area contributed by atoms with Crippen LogP contribution in [0, 0.1) is 19.3 Å². The monoisotopic (exact) mass is 355 g/mol. The van der Waals surface area contributed by atoms with Gasteiger partial charge in [-0.05, 0) is 25.5 Å². The Labute approximate surface area is 152 Å². The zero-order chi connectivity index (χ0) is 19.1. The molecule has 1 amide bonds. The molecule has 1 aromatic carbocycles. The highest BCUT2D eigenvalue weighted by Crippen LogP contribution is 2.46. The normalized spacial score (nSPS) is 14.3. The second kappa shape index (κ2) is 6.20. The van der Waals surface area contributed by atoms with Crippen molar-refractivity contribution < 1.29 is 13.9 Å². The lowest BCUT2D eigenvalue weighted by molar-refractivity contribution is -0.0893. The molecular weight excluding hydrogens is 330 g/mol. The van der Waals surface area contributed by atoms with Gasteiger partial charge >= 0.3 is 6.09 Å². The number of rotatable bonds is 4. The molecule has 0 fully saturated rings. The van der Waals surface area contributed by atoms with Gasteiger partial charge in [0.25, 0.3) is 0 Å². The van der Waals surface area contributed by atoms with E-state index in [4.69, 9.17) is 14.9 Å². The van der Waals surface area contributed by atoms with Crippen molar-refractivity contribution in [3.05, 3.63) is 53.4 Å². The third-order valence-electron chi connectivity index (χ3n) is 4.97. The summed E-state index contributed by atoms with van der Waals surface area (Å²) in [5.74, 6) is 1.06. The number of benzene rings is 1. The van der Waals surface area contributed by atoms with Crippen molar-refractivity contribution in [2.24, 2.45) is 11.1 Å². The predicted molar refractivity (Wildman–Crippen MR) is 99.8 cm³/mol. The average Bonchev–Trinajstić information content (AvgIpc) is 3.09. The number of amides is 1. The highest BCUT2D eigenvalue weighted by molar-refractivity contribution is 5.83. The van der Waals surface area contributed by atoms with E-state index in [9.17, 15) is 4.79 Å². The maximum Gasteiger partial charge on any atom is 0.405 e. The molecule has 0 unspecified atom stereocenters. The van der Waals surface area contributed by atoms with E-state index in [1.165, 1.54) is 0 Å². The molecule has 6 nitrogen and oxygen atoms in total. The maximum absolute atomic E-state index is 11.8. The number of hydrogen-bond donors (Lipinski definition) is 2. The van der Waals surface area contributed by atoms with Crippen LogP contribution >= 0.6 is 0 Å². The summed E-state index contributed by atoms with van der Waals surface area (Å²) in [6.45, 7) is 9.67. The molecule has 138 valence electrons. The molecule has 0 saturated carbocycles. The van der Waals surface area contributed by atoms with Crippen LogP contribution in [0.15, 0.2) is 34.9 Å². The third-order valence-corrected chi connectivity index (χ3v) is 4.97. The lowest BCUT2D eigenvalue weighted by Gasteiger charge is -2.40. The van der Waals surface area contributed by atoms with Crippen LogP contribution in [0.2, 0.25) is 0 Å². The van der Waals surface area contributed by atoms with E-state index in [-0.39, 0.29) is 0 Å². The molecule has 1 atom stereocenters. The molecule has 0 aliphatic rings. The van der Waals surface area contributed by atoms with Gasteiger partial charge in [0.15, 0.2) is 5.60 Å². The number of nitrogens with zero attached hydrogens (tertiary/aromatic N) is 1. The van der Waals surface area contributed by atoms with Crippen LogP contribution in [0.4, 0.5) is 4.79 Å². The zero-order valence-electron chi connectivity index (χ0n) is 15.8. The Morgan fingerprint density at radius 3 is 2.54 bits per heavy atom. The fraction of sp³-hybridized carbons (Fsp3) is 0.400. The quantitative estimate of drug-likeness (QED) is 0.727. The van der Waals surface area contributed by atoms with E-state index >= 15 is 0 Å². The number of aromatic nitrogens is 2. The van der Waals surface area contributed by atoms with Gasteiger partial charge in [-0.15, -0.1) is 0 Å². The summed E-state index contributed by atoms with van der Waals surface area (Å²) in [7, 11) is 0. The van der Waals surface area contributed by atoms with Crippen molar-refractivity contribution >= 4 is 17.0 Å². The summed E-state index contributed by atoms with van der Waals surface area (Å²) in [5.41, 5.74) is 6.60. The van der Waals surface area contributed by atoms with Gasteiger partial charge in [-0.3, -0.25) is 0 Å². The van der Waals surface area contributed by atoms with Crippen LogP contribution in [0.1, 0.15) is 43.7 Å². The Kier molecular flexibility index (Phi) is 4.30. The molecule has 26 heavy (non-hydrogen) atoms. The molecule has 0 radical (unpaired) electrons. The summed E-state index contributed by atoms with van der Waals surface area (Å²) < 4.78 is 11.7. The summed E-state index contributed by atoms with van der Waals surface area (Å²) in [5, 5.41) is 1.06. The van der Waals surface area contributed by atoms with Gasteiger partial charge in [-0.25, -0.2) is 9.78 Å². The molecule has 3 rings (SSSR count). The molecule has 3 N–H and O–H groups in total. The minimum atomic E-state index is -1.14. The number of H-pyrrole nitrogens is 1. The van der Waals surface area contributed by atoms with Gasteiger partial charge in [-0.1, -0.05) is 39.0 Å².